The van der Waals surface area contributed by atoms with Crippen molar-refractivity contribution in [2.45, 2.75) is 19.4 Å². The summed E-state index contributed by atoms with van der Waals surface area (Å²) in [4.78, 5) is 10.5. The highest BCUT2D eigenvalue weighted by Crippen LogP contribution is 2.24. The molecule has 0 radical (unpaired) electrons. The topological polar surface area (TPSA) is 64.4 Å². The molecule has 116 valence electrons. The van der Waals surface area contributed by atoms with Crippen molar-refractivity contribution in [2.24, 2.45) is 0 Å². The minimum absolute atomic E-state index is 0.0775. The maximum Gasteiger partial charge on any atom is 0.270 e. The Hall–Kier alpha value is -2.40. The minimum atomic E-state index is -0.393. The smallest absolute Gasteiger partial charge is 0.270 e. The Kier molecular flexibility index (Phi) is 5.49. The van der Waals surface area contributed by atoms with Gasteiger partial charge in [-0.1, -0.05) is 37.3 Å². The molecule has 1 unspecified atom stereocenters. The van der Waals surface area contributed by atoms with Crippen LogP contribution in [0.3, 0.4) is 0 Å². The Morgan fingerprint density at radius 1 is 1.23 bits per heavy atom. The van der Waals surface area contributed by atoms with E-state index in [-0.39, 0.29) is 5.69 Å². The van der Waals surface area contributed by atoms with Gasteiger partial charge < -0.3 is 10.1 Å². The molecule has 0 aliphatic rings. The molecule has 0 aromatic heterocycles. The molecule has 0 fully saturated rings. The van der Waals surface area contributed by atoms with Crippen molar-refractivity contribution in [3.63, 3.8) is 0 Å². The molecule has 1 atom stereocenters. The highest BCUT2D eigenvalue weighted by Gasteiger charge is 2.11. The summed E-state index contributed by atoms with van der Waals surface area (Å²) in [6.45, 7) is 3.46. The number of nitrogens with zero attached hydrogens (tertiary/aromatic N) is 1. The average Bonchev–Trinajstić information content (AvgIpc) is 2.55. The van der Waals surface area contributed by atoms with E-state index in [0.29, 0.717) is 18.2 Å². The summed E-state index contributed by atoms with van der Waals surface area (Å²) in [5.74, 6) is 1.02. The van der Waals surface area contributed by atoms with Gasteiger partial charge in [0.1, 0.15) is 5.75 Å². The molecule has 5 nitrogen and oxygen atoms in total. The van der Waals surface area contributed by atoms with E-state index in [1.807, 2.05) is 18.2 Å². The Bertz CT molecular complexity index is 629. The lowest BCUT2D eigenvalue weighted by molar-refractivity contribution is -0.384. The first-order valence-corrected chi connectivity index (χ1v) is 7.18. The van der Waals surface area contributed by atoms with Gasteiger partial charge in [-0.2, -0.15) is 0 Å². The van der Waals surface area contributed by atoms with Crippen LogP contribution in [0.4, 0.5) is 5.69 Å². The van der Waals surface area contributed by atoms with Crippen LogP contribution in [0.5, 0.6) is 5.75 Å². The second-order valence-corrected chi connectivity index (χ2v) is 5.20. The summed E-state index contributed by atoms with van der Waals surface area (Å²) in [6.07, 6.45) is 0. The van der Waals surface area contributed by atoms with Crippen molar-refractivity contribution >= 4 is 5.69 Å². The summed E-state index contributed by atoms with van der Waals surface area (Å²) in [7, 11) is 1.57. The van der Waals surface area contributed by atoms with Gasteiger partial charge in [-0.3, -0.25) is 10.1 Å². The van der Waals surface area contributed by atoms with Crippen LogP contribution < -0.4 is 10.1 Å². The van der Waals surface area contributed by atoms with Gasteiger partial charge in [-0.15, -0.1) is 0 Å². The predicted molar refractivity (Wildman–Crippen MR) is 86.2 cm³/mol. The molecule has 0 heterocycles. The molecule has 0 aliphatic heterocycles. The van der Waals surface area contributed by atoms with Crippen molar-refractivity contribution in [1.29, 1.82) is 0 Å². The number of non-ortho nitro benzene ring substituents is 1. The summed E-state index contributed by atoms with van der Waals surface area (Å²) < 4.78 is 5.26. The predicted octanol–water partition coefficient (Wildman–Crippen LogP) is 3.50. The standard InChI is InChI=1S/C17H20N2O3/c1-13(14-6-4-3-5-7-14)11-18-12-15-10-16(19(20)21)8-9-17(15)22-2/h3-10,13,18H,11-12H2,1-2H3. The lowest BCUT2D eigenvalue weighted by Crippen LogP contribution is -2.20. The number of ether oxygens (including phenoxy) is 1. The lowest BCUT2D eigenvalue weighted by Gasteiger charge is -2.14. The molecule has 0 bridgehead atoms. The maximum absolute atomic E-state index is 10.9. The number of hydrogen-bond donors (Lipinski definition) is 1. The Labute approximate surface area is 130 Å². The van der Waals surface area contributed by atoms with E-state index in [0.717, 1.165) is 12.1 Å². The van der Waals surface area contributed by atoms with Gasteiger partial charge in [0.2, 0.25) is 0 Å². The third kappa shape index (κ3) is 4.05. The summed E-state index contributed by atoms with van der Waals surface area (Å²) >= 11 is 0. The number of benzene rings is 2. The highest BCUT2D eigenvalue weighted by atomic mass is 16.6. The molecule has 5 heteroatoms. The Morgan fingerprint density at radius 3 is 2.59 bits per heavy atom. The van der Waals surface area contributed by atoms with Crippen LogP contribution in [0.1, 0.15) is 24.0 Å². The second kappa shape index (κ2) is 7.56. The minimum Gasteiger partial charge on any atom is -0.496 e. The van der Waals surface area contributed by atoms with Gasteiger partial charge in [-0.25, -0.2) is 0 Å². The zero-order chi connectivity index (χ0) is 15.9. The number of nitro benzene ring substituents is 1. The van der Waals surface area contributed by atoms with Crippen molar-refractivity contribution in [2.75, 3.05) is 13.7 Å². The van der Waals surface area contributed by atoms with Crippen LogP contribution in [0.2, 0.25) is 0 Å². The molecular weight excluding hydrogens is 280 g/mol. The van der Waals surface area contributed by atoms with E-state index in [1.165, 1.54) is 11.6 Å². The zero-order valence-electron chi connectivity index (χ0n) is 12.8. The van der Waals surface area contributed by atoms with Crippen molar-refractivity contribution in [1.82, 2.24) is 5.32 Å². The SMILES string of the molecule is COc1ccc([N+](=O)[O-])cc1CNCC(C)c1ccccc1. The van der Waals surface area contributed by atoms with E-state index < -0.39 is 4.92 Å². The molecule has 2 aromatic rings. The Morgan fingerprint density at radius 2 is 1.95 bits per heavy atom. The van der Waals surface area contributed by atoms with Gasteiger partial charge in [0, 0.05) is 30.8 Å². The number of methoxy groups -OCH3 is 1. The largest absolute Gasteiger partial charge is 0.496 e. The molecule has 1 N–H and O–H groups in total. The van der Waals surface area contributed by atoms with Crippen LogP contribution in [0.25, 0.3) is 0 Å². The molecule has 0 saturated heterocycles. The van der Waals surface area contributed by atoms with Crippen LogP contribution >= 0.6 is 0 Å². The number of nitro groups is 1. The fourth-order valence-corrected chi connectivity index (χ4v) is 2.34. The van der Waals surface area contributed by atoms with Gasteiger partial charge in [0.05, 0.1) is 12.0 Å². The third-order valence-electron chi connectivity index (χ3n) is 3.61. The molecule has 22 heavy (non-hydrogen) atoms. The summed E-state index contributed by atoms with van der Waals surface area (Å²) in [6, 6.07) is 14.9. The second-order valence-electron chi connectivity index (χ2n) is 5.20. The van der Waals surface area contributed by atoms with E-state index in [4.69, 9.17) is 4.74 Å². The first kappa shape index (κ1) is 16.0. The summed E-state index contributed by atoms with van der Waals surface area (Å²) in [5.41, 5.74) is 2.13. The molecular formula is C17H20N2O3. The van der Waals surface area contributed by atoms with Gasteiger partial charge in [0.15, 0.2) is 0 Å². The van der Waals surface area contributed by atoms with Gasteiger partial charge >= 0.3 is 0 Å². The van der Waals surface area contributed by atoms with E-state index in [2.05, 4.69) is 24.4 Å². The number of rotatable bonds is 7. The first-order chi connectivity index (χ1) is 10.6. The lowest BCUT2D eigenvalue weighted by atomic mass is 10.0. The van der Waals surface area contributed by atoms with Crippen LogP contribution in [-0.2, 0) is 6.54 Å². The molecule has 2 aromatic carbocycles. The zero-order valence-corrected chi connectivity index (χ0v) is 12.8. The van der Waals surface area contributed by atoms with Gasteiger partial charge in [0.25, 0.3) is 5.69 Å². The van der Waals surface area contributed by atoms with Crippen LogP contribution in [-0.4, -0.2) is 18.6 Å². The fraction of sp³-hybridized carbons (Fsp3) is 0.294. The van der Waals surface area contributed by atoms with Crippen LogP contribution in [0, 0.1) is 10.1 Å². The van der Waals surface area contributed by atoms with E-state index >= 15 is 0 Å². The van der Waals surface area contributed by atoms with Crippen molar-refractivity contribution < 1.29 is 9.66 Å². The maximum atomic E-state index is 10.9. The quantitative estimate of drug-likeness (QED) is 0.628. The first-order valence-electron chi connectivity index (χ1n) is 7.18. The average molecular weight is 300 g/mol. The van der Waals surface area contributed by atoms with E-state index in [1.54, 1.807) is 19.2 Å². The normalized spacial score (nSPS) is 11.9. The fourth-order valence-electron chi connectivity index (χ4n) is 2.34. The number of hydrogen-bond acceptors (Lipinski definition) is 4. The van der Waals surface area contributed by atoms with Crippen molar-refractivity contribution in [3.8, 4) is 5.75 Å². The molecule has 0 spiro atoms. The molecule has 0 saturated carbocycles. The van der Waals surface area contributed by atoms with E-state index in [9.17, 15) is 10.1 Å². The Balaban J connectivity index is 1.99. The number of nitrogens with one attached hydrogen (secondary N) is 1. The van der Waals surface area contributed by atoms with Crippen molar-refractivity contribution in [3.05, 3.63) is 69.8 Å². The molecule has 0 aliphatic carbocycles. The van der Waals surface area contributed by atoms with Gasteiger partial charge in [-0.05, 0) is 17.5 Å². The summed E-state index contributed by atoms with van der Waals surface area (Å²) in [5, 5.41) is 14.2. The molecule has 0 amide bonds. The third-order valence-corrected chi connectivity index (χ3v) is 3.61. The highest BCUT2D eigenvalue weighted by molar-refractivity contribution is 5.43. The molecule has 2 rings (SSSR count). The van der Waals surface area contributed by atoms with Crippen LogP contribution in [0.15, 0.2) is 48.5 Å². The monoisotopic (exact) mass is 300 g/mol.